The summed E-state index contributed by atoms with van der Waals surface area (Å²) in [4.78, 5) is 23.7. The van der Waals surface area contributed by atoms with Crippen molar-refractivity contribution in [3.63, 3.8) is 0 Å². The van der Waals surface area contributed by atoms with Gasteiger partial charge in [-0.05, 0) is 60.9 Å². The van der Waals surface area contributed by atoms with Gasteiger partial charge in [0.2, 0.25) is 0 Å². The predicted octanol–water partition coefficient (Wildman–Crippen LogP) is 5.13. The number of carbonyl (C=O) groups is 2. The number of ether oxygens (including phenoxy) is 1. The largest absolute Gasteiger partial charge is 0.488 e. The van der Waals surface area contributed by atoms with Crippen molar-refractivity contribution in [2.75, 3.05) is 5.32 Å². The first-order valence-electron chi connectivity index (χ1n) is 9.92. The Morgan fingerprint density at radius 2 is 1.75 bits per heavy atom. The summed E-state index contributed by atoms with van der Waals surface area (Å²) in [6.45, 7) is 4.07. The van der Waals surface area contributed by atoms with Gasteiger partial charge in [0.25, 0.3) is 5.91 Å². The van der Waals surface area contributed by atoms with Crippen LogP contribution in [0, 0.1) is 25.2 Å². The van der Waals surface area contributed by atoms with Gasteiger partial charge in [-0.3, -0.25) is 4.79 Å². The SMILES string of the molecule is Cc1cccc(NC(=O)C(C#N)=Cc2ccccc2OCc2ccc(C(=O)O)cc2)c1C. The third kappa shape index (κ3) is 5.41. The standard InChI is InChI=1S/C26H22N2O4/c1-17-6-5-8-23(18(17)2)28-25(29)22(15-27)14-21-7-3-4-9-24(21)32-16-19-10-12-20(13-11-19)26(30)31/h3-14H,16H2,1-2H3,(H,28,29)(H,30,31). The molecule has 0 aliphatic heterocycles. The second kappa shape index (κ2) is 10.1. The van der Waals surface area contributed by atoms with Crippen molar-refractivity contribution >= 4 is 23.6 Å². The Kier molecular flexibility index (Phi) is 7.04. The minimum Gasteiger partial charge on any atom is -0.488 e. The number of nitrogens with one attached hydrogen (secondary N) is 1. The van der Waals surface area contributed by atoms with Crippen LogP contribution < -0.4 is 10.1 Å². The summed E-state index contributed by atoms with van der Waals surface area (Å²) in [5.41, 5.74) is 4.17. The molecule has 6 nitrogen and oxygen atoms in total. The fourth-order valence-electron chi connectivity index (χ4n) is 3.02. The van der Waals surface area contributed by atoms with E-state index in [4.69, 9.17) is 9.84 Å². The van der Waals surface area contributed by atoms with Crippen LogP contribution in [0.15, 0.2) is 72.3 Å². The molecule has 0 bridgehead atoms. The van der Waals surface area contributed by atoms with E-state index in [1.165, 1.54) is 18.2 Å². The molecule has 3 aromatic rings. The quantitative estimate of drug-likeness (QED) is 0.403. The lowest BCUT2D eigenvalue weighted by molar-refractivity contribution is -0.112. The van der Waals surface area contributed by atoms with Crippen molar-refractivity contribution < 1.29 is 19.4 Å². The first kappa shape index (κ1) is 22.3. The summed E-state index contributed by atoms with van der Waals surface area (Å²) in [6.07, 6.45) is 1.49. The second-order valence-electron chi connectivity index (χ2n) is 7.20. The molecule has 0 heterocycles. The van der Waals surface area contributed by atoms with Gasteiger partial charge in [0.15, 0.2) is 0 Å². The fraction of sp³-hybridized carbons (Fsp3) is 0.115. The Hall–Kier alpha value is -4.37. The van der Waals surface area contributed by atoms with Crippen LogP contribution in [0.1, 0.15) is 32.6 Å². The number of hydrogen-bond donors (Lipinski definition) is 2. The van der Waals surface area contributed by atoms with Crippen molar-refractivity contribution in [1.29, 1.82) is 5.26 Å². The number of nitriles is 1. The van der Waals surface area contributed by atoms with E-state index in [-0.39, 0.29) is 17.7 Å². The Balaban J connectivity index is 1.78. The van der Waals surface area contributed by atoms with E-state index in [2.05, 4.69) is 5.32 Å². The lowest BCUT2D eigenvalue weighted by atomic mass is 10.1. The van der Waals surface area contributed by atoms with Gasteiger partial charge in [0, 0.05) is 11.3 Å². The molecule has 0 fully saturated rings. The number of amides is 1. The average molecular weight is 426 g/mol. The highest BCUT2D eigenvalue weighted by molar-refractivity contribution is 6.10. The van der Waals surface area contributed by atoms with Crippen molar-refractivity contribution in [3.8, 4) is 11.8 Å². The van der Waals surface area contributed by atoms with Crippen LogP contribution >= 0.6 is 0 Å². The number of benzene rings is 3. The van der Waals surface area contributed by atoms with Gasteiger partial charge in [0.05, 0.1) is 5.56 Å². The molecule has 1 amide bonds. The number of nitrogens with zero attached hydrogens (tertiary/aromatic N) is 1. The van der Waals surface area contributed by atoms with E-state index >= 15 is 0 Å². The van der Waals surface area contributed by atoms with E-state index in [1.54, 1.807) is 42.5 Å². The molecule has 6 heteroatoms. The molecule has 3 rings (SSSR count). The monoisotopic (exact) mass is 426 g/mol. The number of carbonyl (C=O) groups excluding carboxylic acids is 1. The zero-order chi connectivity index (χ0) is 23.1. The number of carboxylic acid groups (broad SMARTS) is 1. The molecule has 0 unspecified atom stereocenters. The van der Waals surface area contributed by atoms with Crippen molar-refractivity contribution in [1.82, 2.24) is 0 Å². The summed E-state index contributed by atoms with van der Waals surface area (Å²) in [5.74, 6) is -0.988. The summed E-state index contributed by atoms with van der Waals surface area (Å²) < 4.78 is 5.87. The zero-order valence-electron chi connectivity index (χ0n) is 17.8. The normalized spacial score (nSPS) is 10.8. The van der Waals surface area contributed by atoms with Crippen LogP contribution in [0.2, 0.25) is 0 Å². The minimum atomic E-state index is -0.990. The van der Waals surface area contributed by atoms with Gasteiger partial charge in [0.1, 0.15) is 24.0 Å². The Morgan fingerprint density at radius 1 is 1.03 bits per heavy atom. The van der Waals surface area contributed by atoms with E-state index in [0.717, 1.165) is 16.7 Å². The molecule has 32 heavy (non-hydrogen) atoms. The molecule has 0 atom stereocenters. The topological polar surface area (TPSA) is 99.4 Å². The van der Waals surface area contributed by atoms with Crippen LogP contribution in [-0.4, -0.2) is 17.0 Å². The zero-order valence-corrected chi connectivity index (χ0v) is 17.8. The lowest BCUT2D eigenvalue weighted by Crippen LogP contribution is -2.14. The van der Waals surface area contributed by atoms with E-state index in [9.17, 15) is 14.9 Å². The number of aromatic carboxylic acids is 1. The average Bonchev–Trinajstić information content (AvgIpc) is 2.80. The highest BCUT2D eigenvalue weighted by atomic mass is 16.5. The molecule has 160 valence electrons. The fourth-order valence-corrected chi connectivity index (χ4v) is 3.02. The highest BCUT2D eigenvalue weighted by Gasteiger charge is 2.13. The maximum absolute atomic E-state index is 12.7. The minimum absolute atomic E-state index is 0.0484. The van der Waals surface area contributed by atoms with Crippen LogP contribution in [0.3, 0.4) is 0 Å². The molecule has 0 aliphatic carbocycles. The Labute approximate surface area is 186 Å². The first-order chi connectivity index (χ1) is 15.4. The van der Waals surface area contributed by atoms with Crippen LogP contribution in [-0.2, 0) is 11.4 Å². The van der Waals surface area contributed by atoms with Gasteiger partial charge in [-0.25, -0.2) is 4.79 Å². The molecule has 0 radical (unpaired) electrons. The number of anilines is 1. The van der Waals surface area contributed by atoms with Gasteiger partial charge in [-0.15, -0.1) is 0 Å². The smallest absolute Gasteiger partial charge is 0.335 e. The van der Waals surface area contributed by atoms with E-state index in [0.29, 0.717) is 17.0 Å². The van der Waals surface area contributed by atoms with Crippen molar-refractivity contribution in [2.45, 2.75) is 20.5 Å². The third-order valence-electron chi connectivity index (χ3n) is 5.03. The van der Waals surface area contributed by atoms with E-state index in [1.807, 2.05) is 32.0 Å². The third-order valence-corrected chi connectivity index (χ3v) is 5.03. The molecule has 0 saturated heterocycles. The van der Waals surface area contributed by atoms with Gasteiger partial charge < -0.3 is 15.2 Å². The van der Waals surface area contributed by atoms with Gasteiger partial charge >= 0.3 is 5.97 Å². The first-order valence-corrected chi connectivity index (χ1v) is 9.92. The van der Waals surface area contributed by atoms with Gasteiger partial charge in [-0.2, -0.15) is 5.26 Å². The number of hydrogen-bond acceptors (Lipinski definition) is 4. The number of rotatable bonds is 7. The summed E-state index contributed by atoms with van der Waals surface area (Å²) in [5, 5.41) is 21.4. The molecule has 0 aliphatic rings. The number of aryl methyl sites for hydroxylation is 1. The summed E-state index contributed by atoms with van der Waals surface area (Å²) in [6, 6.07) is 21.0. The maximum atomic E-state index is 12.7. The highest BCUT2D eigenvalue weighted by Crippen LogP contribution is 2.24. The molecule has 0 spiro atoms. The van der Waals surface area contributed by atoms with E-state index < -0.39 is 11.9 Å². The molecule has 3 aromatic carbocycles. The number of carboxylic acids is 1. The predicted molar refractivity (Wildman–Crippen MR) is 122 cm³/mol. The molecule has 0 saturated carbocycles. The summed E-state index contributed by atoms with van der Waals surface area (Å²) in [7, 11) is 0. The lowest BCUT2D eigenvalue weighted by Gasteiger charge is -2.11. The Bertz CT molecular complexity index is 1220. The summed E-state index contributed by atoms with van der Waals surface area (Å²) >= 11 is 0. The van der Waals surface area contributed by atoms with Gasteiger partial charge in [-0.1, -0.05) is 42.5 Å². The van der Waals surface area contributed by atoms with Crippen LogP contribution in [0.5, 0.6) is 5.75 Å². The van der Waals surface area contributed by atoms with Crippen LogP contribution in [0.4, 0.5) is 5.69 Å². The van der Waals surface area contributed by atoms with Crippen molar-refractivity contribution in [2.24, 2.45) is 0 Å². The molecular formula is C26H22N2O4. The van der Waals surface area contributed by atoms with Crippen molar-refractivity contribution in [3.05, 3.63) is 100 Å². The maximum Gasteiger partial charge on any atom is 0.335 e. The number of para-hydroxylation sites is 1. The molecule has 0 aromatic heterocycles. The molecular weight excluding hydrogens is 404 g/mol. The van der Waals surface area contributed by atoms with Crippen LogP contribution in [0.25, 0.3) is 6.08 Å². The second-order valence-corrected chi connectivity index (χ2v) is 7.20. The molecule has 2 N–H and O–H groups in total. The Morgan fingerprint density at radius 3 is 2.44 bits per heavy atom.